The number of nitrogens with zero attached hydrogens (tertiary/aromatic N) is 3. The first-order valence-electron chi connectivity index (χ1n) is 9.74. The van der Waals surface area contributed by atoms with E-state index in [1.165, 1.54) is 12.4 Å². The Bertz CT molecular complexity index is 1060. The number of piperidine rings is 1. The van der Waals surface area contributed by atoms with Crippen molar-refractivity contribution < 1.29 is 23.1 Å². The Hall–Kier alpha value is -2.78. The Labute approximate surface area is 170 Å². The van der Waals surface area contributed by atoms with Gasteiger partial charge in [-0.1, -0.05) is 12.1 Å². The van der Waals surface area contributed by atoms with Gasteiger partial charge in [0.25, 0.3) is 0 Å². The van der Waals surface area contributed by atoms with Crippen molar-refractivity contribution in [3.05, 3.63) is 48.3 Å². The van der Waals surface area contributed by atoms with Crippen molar-refractivity contribution in [3.8, 4) is 11.3 Å². The maximum atomic E-state index is 13.0. The molecule has 2 N–H and O–H groups in total. The summed E-state index contributed by atoms with van der Waals surface area (Å²) < 4.78 is 40.6. The summed E-state index contributed by atoms with van der Waals surface area (Å²) in [4.78, 5) is 21.2. The number of fused-ring (bicyclic) bond motifs is 1. The van der Waals surface area contributed by atoms with Crippen LogP contribution in [0.1, 0.15) is 24.8 Å². The summed E-state index contributed by atoms with van der Waals surface area (Å²) in [6.45, 7) is 0.797. The number of aliphatic hydroxyl groups excluding tert-OH is 1. The molecule has 0 spiro atoms. The second-order valence-electron chi connectivity index (χ2n) is 7.50. The Morgan fingerprint density at radius 1 is 1.27 bits per heavy atom. The third-order valence-electron chi connectivity index (χ3n) is 5.29. The number of rotatable bonds is 5. The van der Waals surface area contributed by atoms with Crippen molar-refractivity contribution >= 4 is 16.9 Å². The van der Waals surface area contributed by atoms with Gasteiger partial charge in [0, 0.05) is 18.0 Å². The molecule has 0 bridgehead atoms. The summed E-state index contributed by atoms with van der Waals surface area (Å²) in [6.07, 6.45) is -1.76. The fourth-order valence-electron chi connectivity index (χ4n) is 3.71. The van der Waals surface area contributed by atoms with E-state index >= 15 is 0 Å². The van der Waals surface area contributed by atoms with Gasteiger partial charge in [0.1, 0.15) is 5.52 Å². The zero-order valence-electron chi connectivity index (χ0n) is 16.1. The molecule has 1 aromatic carbocycles. The number of aromatic nitrogens is 3. The summed E-state index contributed by atoms with van der Waals surface area (Å²) >= 11 is 0. The lowest BCUT2D eigenvalue weighted by Crippen LogP contribution is -2.46. The molecule has 0 aliphatic carbocycles. The minimum absolute atomic E-state index is 0.0282. The van der Waals surface area contributed by atoms with Crippen LogP contribution in [0, 0.1) is 0 Å². The number of alkyl halides is 3. The maximum Gasteiger partial charge on any atom is 0.416 e. The molecular formula is C21H21F3N4O2. The molecule has 2 atom stereocenters. The van der Waals surface area contributed by atoms with E-state index < -0.39 is 17.8 Å². The van der Waals surface area contributed by atoms with Gasteiger partial charge in [0.15, 0.2) is 11.4 Å². The van der Waals surface area contributed by atoms with Gasteiger partial charge in [-0.2, -0.15) is 13.2 Å². The lowest BCUT2D eigenvalue weighted by molar-refractivity contribution is -0.137. The second kappa shape index (κ2) is 8.16. The number of carbonyl (C=O) groups excluding carboxylic acids is 1. The van der Waals surface area contributed by atoms with Crippen LogP contribution in [-0.4, -0.2) is 44.1 Å². The van der Waals surface area contributed by atoms with Crippen molar-refractivity contribution in [1.82, 2.24) is 19.9 Å². The van der Waals surface area contributed by atoms with Crippen molar-refractivity contribution in [2.75, 3.05) is 6.54 Å². The van der Waals surface area contributed by atoms with Gasteiger partial charge in [-0.3, -0.25) is 4.79 Å². The number of halogens is 3. The smallest absolute Gasteiger partial charge is 0.391 e. The number of nitrogens with one attached hydrogen (secondary N) is 1. The molecule has 3 aromatic rings. The molecule has 1 saturated heterocycles. The third kappa shape index (κ3) is 4.36. The van der Waals surface area contributed by atoms with Crippen LogP contribution in [0.25, 0.3) is 22.4 Å². The average molecular weight is 418 g/mol. The molecule has 0 saturated carbocycles. The number of benzene rings is 1. The normalized spacial score (nSPS) is 19.9. The Balaban J connectivity index is 1.57. The predicted molar refractivity (Wildman–Crippen MR) is 105 cm³/mol. The van der Waals surface area contributed by atoms with E-state index in [-0.39, 0.29) is 24.8 Å². The van der Waals surface area contributed by atoms with Gasteiger partial charge in [0.2, 0.25) is 0 Å². The minimum atomic E-state index is -4.44. The number of pyridine rings is 1. The summed E-state index contributed by atoms with van der Waals surface area (Å²) in [5.74, 6) is -0.0842. The molecule has 1 fully saturated rings. The first-order chi connectivity index (χ1) is 14.3. The number of aliphatic hydroxyl groups is 1. The van der Waals surface area contributed by atoms with Gasteiger partial charge in [0.05, 0.1) is 30.2 Å². The molecule has 158 valence electrons. The first-order valence-corrected chi connectivity index (χ1v) is 9.74. The van der Waals surface area contributed by atoms with Gasteiger partial charge >= 0.3 is 6.18 Å². The van der Waals surface area contributed by atoms with Crippen LogP contribution < -0.4 is 5.32 Å². The van der Waals surface area contributed by atoms with E-state index in [1.54, 1.807) is 22.8 Å². The highest BCUT2D eigenvalue weighted by atomic mass is 19.4. The SMILES string of the molecule is O=C(C[C@H]1NCCC[C@@H]1O)Cn1cnc2ccc(-c3cccc(C(F)(F)F)c3)nc21. The van der Waals surface area contributed by atoms with Crippen molar-refractivity contribution in [1.29, 1.82) is 0 Å². The molecule has 9 heteroatoms. The number of hydrogen-bond donors (Lipinski definition) is 2. The number of ketones is 1. The van der Waals surface area contributed by atoms with Gasteiger partial charge < -0.3 is 15.0 Å². The zero-order valence-corrected chi connectivity index (χ0v) is 16.1. The second-order valence-corrected chi connectivity index (χ2v) is 7.50. The summed E-state index contributed by atoms with van der Waals surface area (Å²) in [6, 6.07) is 7.98. The Kier molecular flexibility index (Phi) is 5.57. The van der Waals surface area contributed by atoms with Gasteiger partial charge in [-0.05, 0) is 43.7 Å². The van der Waals surface area contributed by atoms with Crippen molar-refractivity contribution in [3.63, 3.8) is 0 Å². The zero-order chi connectivity index (χ0) is 21.3. The number of Topliss-reactive ketones (excluding diaryl/α,β-unsaturated/α-hetero) is 1. The van der Waals surface area contributed by atoms with Crippen molar-refractivity contribution in [2.45, 2.75) is 44.1 Å². The summed E-state index contributed by atoms with van der Waals surface area (Å²) in [5, 5.41) is 13.2. The molecule has 30 heavy (non-hydrogen) atoms. The predicted octanol–water partition coefficient (Wildman–Crippen LogP) is 3.19. The van der Waals surface area contributed by atoms with Crippen LogP contribution in [0.4, 0.5) is 13.2 Å². The van der Waals surface area contributed by atoms with E-state index in [1.807, 2.05) is 0 Å². The topological polar surface area (TPSA) is 80.0 Å². The first kappa shape index (κ1) is 20.5. The fraction of sp³-hybridized carbons (Fsp3) is 0.381. The van der Waals surface area contributed by atoms with E-state index in [9.17, 15) is 23.1 Å². The molecule has 6 nitrogen and oxygen atoms in total. The molecule has 0 radical (unpaired) electrons. The highest BCUT2D eigenvalue weighted by molar-refractivity contribution is 5.82. The lowest BCUT2D eigenvalue weighted by atomic mass is 9.97. The van der Waals surface area contributed by atoms with Crippen LogP contribution >= 0.6 is 0 Å². The molecule has 2 aromatic heterocycles. The van der Waals surface area contributed by atoms with E-state index in [4.69, 9.17) is 0 Å². The number of carbonyl (C=O) groups is 1. The number of imidazole rings is 1. The van der Waals surface area contributed by atoms with Crippen LogP contribution in [-0.2, 0) is 17.5 Å². The monoisotopic (exact) mass is 418 g/mol. The minimum Gasteiger partial charge on any atom is -0.391 e. The van der Waals surface area contributed by atoms with Crippen LogP contribution in [0.2, 0.25) is 0 Å². The van der Waals surface area contributed by atoms with Crippen LogP contribution in [0.5, 0.6) is 0 Å². The van der Waals surface area contributed by atoms with Gasteiger partial charge in [-0.25, -0.2) is 9.97 Å². The number of hydrogen-bond acceptors (Lipinski definition) is 5. The standard InChI is InChI=1S/C21H21F3N4O2/c22-21(23,24)14-4-1-3-13(9-14)16-6-7-17-20(27-16)28(12-26-17)11-15(29)10-18-19(30)5-2-8-25-18/h1,3-4,6-7,9,12,18-19,25,30H,2,5,8,10-11H2/t18-,19+/m1/s1. The molecule has 4 rings (SSSR count). The van der Waals surface area contributed by atoms with Gasteiger partial charge in [-0.15, -0.1) is 0 Å². The summed E-state index contributed by atoms with van der Waals surface area (Å²) in [7, 11) is 0. The average Bonchev–Trinajstić information content (AvgIpc) is 3.11. The maximum absolute atomic E-state index is 13.0. The Morgan fingerprint density at radius 2 is 2.10 bits per heavy atom. The Morgan fingerprint density at radius 3 is 2.87 bits per heavy atom. The van der Waals surface area contributed by atoms with Crippen molar-refractivity contribution in [2.24, 2.45) is 0 Å². The third-order valence-corrected chi connectivity index (χ3v) is 5.29. The fourth-order valence-corrected chi connectivity index (χ4v) is 3.71. The van der Waals surface area contributed by atoms with E-state index in [0.29, 0.717) is 28.8 Å². The molecule has 0 unspecified atom stereocenters. The molecule has 3 heterocycles. The molecule has 0 amide bonds. The highest BCUT2D eigenvalue weighted by Crippen LogP contribution is 2.32. The van der Waals surface area contributed by atoms with Crippen LogP contribution in [0.15, 0.2) is 42.7 Å². The molecule has 1 aliphatic rings. The summed E-state index contributed by atoms with van der Waals surface area (Å²) in [5.41, 5.74) is 0.932. The van der Waals surface area contributed by atoms with Crippen LogP contribution in [0.3, 0.4) is 0 Å². The van der Waals surface area contributed by atoms with E-state index in [0.717, 1.165) is 25.1 Å². The molecular weight excluding hydrogens is 397 g/mol. The largest absolute Gasteiger partial charge is 0.416 e. The highest BCUT2D eigenvalue weighted by Gasteiger charge is 2.30. The molecule has 1 aliphatic heterocycles. The van der Waals surface area contributed by atoms with E-state index in [2.05, 4.69) is 15.3 Å². The lowest BCUT2D eigenvalue weighted by Gasteiger charge is -2.28. The quantitative estimate of drug-likeness (QED) is 0.665.